The molecule has 2 heterocycles. The molecule has 26 heavy (non-hydrogen) atoms. The molecule has 1 aromatic carbocycles. The summed E-state index contributed by atoms with van der Waals surface area (Å²) in [5.74, 6) is 0.738. The Morgan fingerprint density at radius 1 is 1.15 bits per heavy atom. The van der Waals surface area contributed by atoms with E-state index in [1.165, 1.54) is 12.1 Å². The van der Waals surface area contributed by atoms with E-state index in [1.54, 1.807) is 12.1 Å². The molecular formula is C17H17F3N4O2. The lowest BCUT2D eigenvalue weighted by molar-refractivity contribution is -0.153. The van der Waals surface area contributed by atoms with Crippen LogP contribution in [-0.2, 0) is 13.0 Å². The monoisotopic (exact) mass is 366 g/mol. The van der Waals surface area contributed by atoms with Crippen molar-refractivity contribution < 1.29 is 22.3 Å². The molecule has 2 aromatic heterocycles. The Labute approximate surface area is 147 Å². The summed E-state index contributed by atoms with van der Waals surface area (Å²) in [4.78, 5) is 0. The fourth-order valence-corrected chi connectivity index (χ4v) is 2.46. The average molecular weight is 366 g/mol. The lowest BCUT2D eigenvalue weighted by atomic mass is 10.2. The quantitative estimate of drug-likeness (QED) is 0.665. The summed E-state index contributed by atoms with van der Waals surface area (Å²) in [5, 5.41) is 12.3. The Kier molecular flexibility index (Phi) is 4.97. The van der Waals surface area contributed by atoms with Gasteiger partial charge in [0, 0.05) is 24.2 Å². The third kappa shape index (κ3) is 4.62. The van der Waals surface area contributed by atoms with Crippen molar-refractivity contribution in [3.05, 3.63) is 47.6 Å². The Morgan fingerprint density at radius 3 is 2.65 bits per heavy atom. The molecule has 0 N–H and O–H groups in total. The van der Waals surface area contributed by atoms with E-state index in [-0.39, 0.29) is 11.6 Å². The first-order valence-corrected chi connectivity index (χ1v) is 7.93. The van der Waals surface area contributed by atoms with Crippen molar-refractivity contribution in [1.29, 1.82) is 0 Å². The number of halogens is 3. The molecule has 0 aliphatic heterocycles. The van der Waals surface area contributed by atoms with Crippen LogP contribution in [0.1, 0.15) is 17.3 Å². The maximum absolute atomic E-state index is 12.2. The number of ether oxygens (including phenoxy) is 1. The number of aryl methyl sites for hydroxylation is 4. The maximum Gasteiger partial charge on any atom is 0.422 e. The van der Waals surface area contributed by atoms with Crippen molar-refractivity contribution in [3.8, 4) is 17.2 Å². The molecule has 0 aliphatic rings. The van der Waals surface area contributed by atoms with E-state index < -0.39 is 12.8 Å². The van der Waals surface area contributed by atoms with Crippen molar-refractivity contribution in [2.45, 2.75) is 33.0 Å². The zero-order valence-corrected chi connectivity index (χ0v) is 14.2. The van der Waals surface area contributed by atoms with Gasteiger partial charge in [0.15, 0.2) is 6.61 Å². The third-order valence-electron chi connectivity index (χ3n) is 3.59. The normalized spacial score (nSPS) is 11.7. The smallest absolute Gasteiger partial charge is 0.422 e. The van der Waals surface area contributed by atoms with E-state index in [0.29, 0.717) is 24.4 Å². The third-order valence-corrected chi connectivity index (χ3v) is 3.59. The molecule has 0 fully saturated rings. The Morgan fingerprint density at radius 2 is 1.96 bits per heavy atom. The van der Waals surface area contributed by atoms with Crippen molar-refractivity contribution in [2.75, 3.05) is 6.61 Å². The van der Waals surface area contributed by atoms with Gasteiger partial charge in [0.2, 0.25) is 11.8 Å². The average Bonchev–Trinajstić information content (AvgIpc) is 3.17. The van der Waals surface area contributed by atoms with Crippen LogP contribution in [0.3, 0.4) is 0 Å². The van der Waals surface area contributed by atoms with Gasteiger partial charge < -0.3 is 9.15 Å². The summed E-state index contributed by atoms with van der Waals surface area (Å²) in [7, 11) is 0. The van der Waals surface area contributed by atoms with Crippen molar-refractivity contribution in [1.82, 2.24) is 20.0 Å². The highest BCUT2D eigenvalue weighted by Crippen LogP contribution is 2.24. The van der Waals surface area contributed by atoms with E-state index in [2.05, 4.69) is 15.3 Å². The van der Waals surface area contributed by atoms with Crippen LogP contribution >= 0.6 is 0 Å². The van der Waals surface area contributed by atoms with Crippen LogP contribution < -0.4 is 4.74 Å². The Hall–Kier alpha value is -2.84. The first kappa shape index (κ1) is 18.0. The van der Waals surface area contributed by atoms with Gasteiger partial charge in [0.25, 0.3) is 0 Å². The minimum absolute atomic E-state index is 0.0854. The van der Waals surface area contributed by atoms with Gasteiger partial charge in [0.1, 0.15) is 5.75 Å². The molecule has 0 unspecified atom stereocenters. The summed E-state index contributed by atoms with van der Waals surface area (Å²) < 4.78 is 48.9. The number of nitrogens with zero attached hydrogens (tertiary/aromatic N) is 4. The number of hydrogen-bond donors (Lipinski definition) is 0. The van der Waals surface area contributed by atoms with Gasteiger partial charge >= 0.3 is 6.18 Å². The molecule has 0 atom stereocenters. The lowest BCUT2D eigenvalue weighted by Gasteiger charge is -2.09. The summed E-state index contributed by atoms with van der Waals surface area (Å²) in [5.41, 5.74) is 2.47. The zero-order chi connectivity index (χ0) is 18.7. The van der Waals surface area contributed by atoms with Gasteiger partial charge in [-0.2, -0.15) is 18.3 Å². The molecule has 0 amide bonds. The number of benzene rings is 1. The number of alkyl halides is 3. The first-order chi connectivity index (χ1) is 12.3. The summed E-state index contributed by atoms with van der Waals surface area (Å²) in [6.45, 7) is 3.12. The SMILES string of the molecule is Cc1cc(C)n(CCc2nnc(-c3cccc(OCC(F)(F)F)c3)o2)n1. The van der Waals surface area contributed by atoms with Gasteiger partial charge in [-0.05, 0) is 38.1 Å². The molecule has 9 heteroatoms. The molecule has 138 valence electrons. The van der Waals surface area contributed by atoms with Gasteiger partial charge in [-0.3, -0.25) is 4.68 Å². The van der Waals surface area contributed by atoms with Gasteiger partial charge in [0.05, 0.1) is 5.69 Å². The number of rotatable bonds is 6. The predicted molar refractivity (Wildman–Crippen MR) is 86.7 cm³/mol. The molecular weight excluding hydrogens is 349 g/mol. The highest BCUT2D eigenvalue weighted by molar-refractivity contribution is 5.55. The van der Waals surface area contributed by atoms with Crippen LogP contribution in [0.4, 0.5) is 13.2 Å². The minimum Gasteiger partial charge on any atom is -0.484 e. The largest absolute Gasteiger partial charge is 0.484 e. The maximum atomic E-state index is 12.2. The molecule has 0 spiro atoms. The second-order valence-electron chi connectivity index (χ2n) is 5.83. The second-order valence-corrected chi connectivity index (χ2v) is 5.83. The molecule has 3 aromatic rings. The molecule has 0 radical (unpaired) electrons. The van der Waals surface area contributed by atoms with Crippen molar-refractivity contribution >= 4 is 0 Å². The fraction of sp³-hybridized carbons (Fsp3) is 0.353. The van der Waals surface area contributed by atoms with Crippen molar-refractivity contribution in [3.63, 3.8) is 0 Å². The second kappa shape index (κ2) is 7.19. The number of aromatic nitrogens is 4. The summed E-state index contributed by atoms with van der Waals surface area (Å²) >= 11 is 0. The molecule has 0 saturated heterocycles. The Balaban J connectivity index is 1.66. The minimum atomic E-state index is -4.39. The topological polar surface area (TPSA) is 66.0 Å². The summed E-state index contributed by atoms with van der Waals surface area (Å²) in [6, 6.07) is 8.09. The molecule has 6 nitrogen and oxygen atoms in total. The molecule has 0 saturated carbocycles. The fourth-order valence-electron chi connectivity index (χ4n) is 2.46. The van der Waals surface area contributed by atoms with Gasteiger partial charge in [-0.25, -0.2) is 0 Å². The van der Waals surface area contributed by atoms with E-state index in [9.17, 15) is 13.2 Å². The Bertz CT molecular complexity index is 886. The van der Waals surface area contributed by atoms with Crippen LogP contribution in [0.15, 0.2) is 34.7 Å². The highest BCUT2D eigenvalue weighted by Gasteiger charge is 2.28. The van der Waals surface area contributed by atoms with E-state index >= 15 is 0 Å². The van der Waals surface area contributed by atoms with Crippen LogP contribution in [0, 0.1) is 13.8 Å². The van der Waals surface area contributed by atoms with Crippen LogP contribution in [0.2, 0.25) is 0 Å². The van der Waals surface area contributed by atoms with Crippen LogP contribution in [0.5, 0.6) is 5.75 Å². The van der Waals surface area contributed by atoms with Crippen LogP contribution in [-0.4, -0.2) is 32.8 Å². The highest BCUT2D eigenvalue weighted by atomic mass is 19.4. The van der Waals surface area contributed by atoms with Crippen molar-refractivity contribution in [2.24, 2.45) is 0 Å². The molecule has 0 aliphatic carbocycles. The zero-order valence-electron chi connectivity index (χ0n) is 14.2. The van der Waals surface area contributed by atoms with Gasteiger partial charge in [-0.15, -0.1) is 10.2 Å². The summed E-state index contributed by atoms with van der Waals surface area (Å²) in [6.07, 6.45) is -3.89. The first-order valence-electron chi connectivity index (χ1n) is 7.93. The molecule has 3 rings (SSSR count). The van der Waals surface area contributed by atoms with E-state index in [1.807, 2.05) is 24.6 Å². The van der Waals surface area contributed by atoms with Gasteiger partial charge in [-0.1, -0.05) is 6.07 Å². The number of hydrogen-bond acceptors (Lipinski definition) is 5. The predicted octanol–water partition coefficient (Wildman–Crippen LogP) is 3.73. The van der Waals surface area contributed by atoms with E-state index in [0.717, 1.165) is 11.4 Å². The van der Waals surface area contributed by atoms with Crippen LogP contribution in [0.25, 0.3) is 11.5 Å². The van der Waals surface area contributed by atoms with E-state index in [4.69, 9.17) is 9.15 Å². The lowest BCUT2D eigenvalue weighted by Crippen LogP contribution is -2.19. The molecule has 0 bridgehead atoms. The standard InChI is InChI=1S/C17H17F3N4O2/c1-11-8-12(2)24(23-11)7-6-15-21-22-16(26-15)13-4-3-5-14(9-13)25-10-17(18,19)20/h3-5,8-9H,6-7,10H2,1-2H3.